The van der Waals surface area contributed by atoms with Crippen LogP contribution in [0.15, 0.2) is 5.11 Å². The Balaban J connectivity index is 3.46. The van der Waals surface area contributed by atoms with Crippen molar-refractivity contribution in [3.63, 3.8) is 0 Å². The summed E-state index contributed by atoms with van der Waals surface area (Å²) in [4.78, 5) is 2.59. The molecule has 0 aromatic carbocycles. The summed E-state index contributed by atoms with van der Waals surface area (Å²) in [7, 11) is 0. The number of rotatable bonds is 4. The zero-order chi connectivity index (χ0) is 7.82. The van der Waals surface area contributed by atoms with Gasteiger partial charge in [0.25, 0.3) is 0 Å². The number of hydrogen-bond acceptors (Lipinski definition) is 2. The van der Waals surface area contributed by atoms with Gasteiger partial charge in [-0.1, -0.05) is 12.0 Å². The SMILES string of the molecule is CCC(C#N)CCN=[N+]=[N-]. The molecule has 10 heavy (non-hydrogen) atoms. The molecule has 54 valence electrons. The smallest absolute Gasteiger partial charge is 0.0655 e. The summed E-state index contributed by atoms with van der Waals surface area (Å²) in [5.74, 6) is 0.0468. The second kappa shape index (κ2) is 5.93. The topological polar surface area (TPSA) is 72.5 Å². The molecule has 0 aromatic heterocycles. The summed E-state index contributed by atoms with van der Waals surface area (Å²) < 4.78 is 0. The highest BCUT2D eigenvalue weighted by Gasteiger charge is 2.01. The van der Waals surface area contributed by atoms with Gasteiger partial charge in [0, 0.05) is 17.4 Å². The maximum atomic E-state index is 8.44. The number of nitriles is 1. The van der Waals surface area contributed by atoms with Crippen molar-refractivity contribution in [1.82, 2.24) is 0 Å². The molecule has 0 aliphatic carbocycles. The second-order valence-electron chi connectivity index (χ2n) is 1.98. The first kappa shape index (κ1) is 8.80. The van der Waals surface area contributed by atoms with Crippen LogP contribution in [0.5, 0.6) is 0 Å². The Kier molecular flexibility index (Phi) is 5.22. The van der Waals surface area contributed by atoms with E-state index in [2.05, 4.69) is 16.1 Å². The van der Waals surface area contributed by atoms with Crippen LogP contribution in [0.3, 0.4) is 0 Å². The number of azide groups is 1. The molecule has 0 radical (unpaired) electrons. The van der Waals surface area contributed by atoms with Gasteiger partial charge in [0.1, 0.15) is 0 Å². The van der Waals surface area contributed by atoms with E-state index in [1.54, 1.807) is 0 Å². The van der Waals surface area contributed by atoms with Crippen LogP contribution >= 0.6 is 0 Å². The Morgan fingerprint density at radius 1 is 1.80 bits per heavy atom. The molecule has 0 spiro atoms. The number of nitrogens with zero attached hydrogens (tertiary/aromatic N) is 4. The molecule has 0 bridgehead atoms. The minimum atomic E-state index is 0.0468. The molecule has 0 aromatic rings. The molecule has 0 N–H and O–H groups in total. The Morgan fingerprint density at radius 3 is 2.90 bits per heavy atom. The Bertz CT molecular complexity index is 163. The first-order chi connectivity index (χ1) is 4.85. The van der Waals surface area contributed by atoms with E-state index in [9.17, 15) is 0 Å². The largest absolute Gasteiger partial charge is 0.198 e. The third-order valence-electron chi connectivity index (χ3n) is 1.32. The molecular formula is C6H10N4. The lowest BCUT2D eigenvalue weighted by molar-refractivity contribution is 0.592. The predicted molar refractivity (Wildman–Crippen MR) is 38.0 cm³/mol. The van der Waals surface area contributed by atoms with Crippen LogP contribution in [-0.4, -0.2) is 6.54 Å². The molecule has 4 heteroatoms. The molecule has 1 unspecified atom stereocenters. The molecule has 0 aliphatic rings. The van der Waals surface area contributed by atoms with Crippen molar-refractivity contribution in [2.75, 3.05) is 6.54 Å². The molecule has 0 fully saturated rings. The molecule has 0 amide bonds. The summed E-state index contributed by atoms with van der Waals surface area (Å²) >= 11 is 0. The normalized spacial score (nSPS) is 11.2. The standard InChI is InChI=1S/C6H10N4/c1-2-6(5-7)3-4-9-10-8/h6H,2-4H2,1H3. The van der Waals surface area contributed by atoms with Crippen LogP contribution in [0.4, 0.5) is 0 Å². The minimum Gasteiger partial charge on any atom is -0.198 e. The molecule has 1 atom stereocenters. The van der Waals surface area contributed by atoms with Gasteiger partial charge >= 0.3 is 0 Å². The molecular weight excluding hydrogens is 128 g/mol. The van der Waals surface area contributed by atoms with Gasteiger partial charge in [0.2, 0.25) is 0 Å². The summed E-state index contributed by atoms with van der Waals surface area (Å²) in [6, 6.07) is 2.13. The van der Waals surface area contributed by atoms with Gasteiger partial charge in [-0.25, -0.2) is 0 Å². The van der Waals surface area contributed by atoms with Crippen LogP contribution in [-0.2, 0) is 0 Å². The van der Waals surface area contributed by atoms with Gasteiger partial charge in [0.05, 0.1) is 6.07 Å². The maximum Gasteiger partial charge on any atom is 0.0655 e. The van der Waals surface area contributed by atoms with Gasteiger partial charge in [-0.3, -0.25) is 0 Å². The van der Waals surface area contributed by atoms with E-state index >= 15 is 0 Å². The third kappa shape index (κ3) is 3.76. The minimum absolute atomic E-state index is 0.0468. The van der Waals surface area contributed by atoms with E-state index in [4.69, 9.17) is 10.8 Å². The average molecular weight is 138 g/mol. The van der Waals surface area contributed by atoms with Gasteiger partial charge in [-0.2, -0.15) is 5.26 Å². The molecule has 0 rings (SSSR count). The van der Waals surface area contributed by atoms with E-state index in [1.807, 2.05) is 6.92 Å². The molecule has 0 heterocycles. The van der Waals surface area contributed by atoms with Crippen molar-refractivity contribution in [3.05, 3.63) is 10.4 Å². The van der Waals surface area contributed by atoms with Crippen molar-refractivity contribution in [3.8, 4) is 6.07 Å². The van der Waals surface area contributed by atoms with Crippen LogP contribution < -0.4 is 0 Å². The van der Waals surface area contributed by atoms with Crippen molar-refractivity contribution in [1.29, 1.82) is 5.26 Å². The molecule has 0 saturated carbocycles. The van der Waals surface area contributed by atoms with Gasteiger partial charge in [-0.15, -0.1) is 0 Å². The van der Waals surface area contributed by atoms with Crippen LogP contribution in [0.1, 0.15) is 19.8 Å². The van der Waals surface area contributed by atoms with E-state index in [1.165, 1.54) is 0 Å². The third-order valence-corrected chi connectivity index (χ3v) is 1.32. The van der Waals surface area contributed by atoms with Gasteiger partial charge < -0.3 is 0 Å². The fourth-order valence-electron chi connectivity index (χ4n) is 0.618. The molecule has 4 nitrogen and oxygen atoms in total. The van der Waals surface area contributed by atoms with E-state index in [-0.39, 0.29) is 5.92 Å². The van der Waals surface area contributed by atoms with E-state index < -0.39 is 0 Å². The fraction of sp³-hybridized carbons (Fsp3) is 0.833. The van der Waals surface area contributed by atoms with Crippen molar-refractivity contribution in [2.45, 2.75) is 19.8 Å². The zero-order valence-corrected chi connectivity index (χ0v) is 5.99. The quantitative estimate of drug-likeness (QED) is 0.333. The number of hydrogen-bond donors (Lipinski definition) is 0. The van der Waals surface area contributed by atoms with E-state index in [0.29, 0.717) is 13.0 Å². The maximum absolute atomic E-state index is 8.44. The highest BCUT2D eigenvalue weighted by Crippen LogP contribution is 2.05. The average Bonchev–Trinajstić information content (AvgIpc) is 1.99. The van der Waals surface area contributed by atoms with E-state index in [0.717, 1.165) is 6.42 Å². The Morgan fingerprint density at radius 2 is 2.50 bits per heavy atom. The van der Waals surface area contributed by atoms with Crippen LogP contribution in [0.25, 0.3) is 10.4 Å². The molecule has 0 aliphatic heterocycles. The monoisotopic (exact) mass is 138 g/mol. The van der Waals surface area contributed by atoms with Gasteiger partial charge in [0.15, 0.2) is 0 Å². The van der Waals surface area contributed by atoms with Crippen LogP contribution in [0, 0.1) is 17.2 Å². The summed E-state index contributed by atoms with van der Waals surface area (Å²) in [6.07, 6.45) is 1.51. The Labute approximate surface area is 60.1 Å². The summed E-state index contributed by atoms with van der Waals surface area (Å²) in [5, 5.41) is 11.8. The lowest BCUT2D eigenvalue weighted by Gasteiger charge is -1.99. The van der Waals surface area contributed by atoms with Gasteiger partial charge in [-0.05, 0) is 18.4 Å². The summed E-state index contributed by atoms with van der Waals surface area (Å²) in [5.41, 5.74) is 7.90. The van der Waals surface area contributed by atoms with Crippen molar-refractivity contribution >= 4 is 0 Å². The van der Waals surface area contributed by atoms with Crippen molar-refractivity contribution < 1.29 is 0 Å². The summed E-state index contributed by atoms with van der Waals surface area (Å²) in [6.45, 7) is 2.38. The fourth-order valence-corrected chi connectivity index (χ4v) is 0.618. The van der Waals surface area contributed by atoms with Crippen LogP contribution in [0.2, 0.25) is 0 Å². The predicted octanol–water partition coefficient (Wildman–Crippen LogP) is 2.24. The lowest BCUT2D eigenvalue weighted by atomic mass is 10.1. The zero-order valence-electron chi connectivity index (χ0n) is 5.99. The highest BCUT2D eigenvalue weighted by atomic mass is 15.1. The first-order valence-corrected chi connectivity index (χ1v) is 3.25. The first-order valence-electron chi connectivity index (χ1n) is 3.25. The Hall–Kier alpha value is -1.20. The highest BCUT2D eigenvalue weighted by molar-refractivity contribution is 4.81. The molecule has 0 saturated heterocycles. The van der Waals surface area contributed by atoms with Crippen molar-refractivity contribution in [2.24, 2.45) is 11.0 Å². The second-order valence-corrected chi connectivity index (χ2v) is 1.98. The lowest BCUT2D eigenvalue weighted by Crippen LogP contribution is -1.95.